The van der Waals surface area contributed by atoms with Gasteiger partial charge in [-0.2, -0.15) is 4.98 Å². The van der Waals surface area contributed by atoms with Crippen LogP contribution in [-0.4, -0.2) is 33.8 Å². The summed E-state index contributed by atoms with van der Waals surface area (Å²) in [5.74, 6) is 2.79. The van der Waals surface area contributed by atoms with Gasteiger partial charge in [-0.1, -0.05) is 32.1 Å². The fraction of sp³-hybridized carbons (Fsp3) is 0.875. The highest BCUT2D eigenvalue weighted by Crippen LogP contribution is 2.27. The summed E-state index contributed by atoms with van der Waals surface area (Å²) in [4.78, 5) is 6.97. The molecule has 0 aromatic carbocycles. The van der Waals surface area contributed by atoms with E-state index in [1.54, 1.807) is 0 Å². The largest absolute Gasteiger partial charge is 0.335 e. The van der Waals surface area contributed by atoms with Crippen molar-refractivity contribution in [3.05, 3.63) is 5.82 Å². The molecule has 2 fully saturated rings. The van der Waals surface area contributed by atoms with Crippen LogP contribution >= 0.6 is 0 Å². The normalized spacial score (nSPS) is 28.0. The molecule has 118 valence electrons. The van der Waals surface area contributed by atoms with Gasteiger partial charge in [-0.25, -0.2) is 0 Å². The van der Waals surface area contributed by atoms with Crippen LogP contribution in [0.1, 0.15) is 64.1 Å². The van der Waals surface area contributed by atoms with Gasteiger partial charge in [-0.15, -0.1) is 5.10 Å². The van der Waals surface area contributed by atoms with Crippen LogP contribution in [0.3, 0.4) is 0 Å². The quantitative estimate of drug-likeness (QED) is 0.894. The summed E-state index contributed by atoms with van der Waals surface area (Å²) in [7, 11) is 0. The molecular weight excluding hydrogens is 262 g/mol. The lowest BCUT2D eigenvalue weighted by atomic mass is 9.86. The summed E-state index contributed by atoms with van der Waals surface area (Å²) < 4.78 is 0. The number of rotatable bonds is 4. The van der Waals surface area contributed by atoms with Crippen molar-refractivity contribution in [2.24, 2.45) is 11.7 Å². The summed E-state index contributed by atoms with van der Waals surface area (Å²) in [5.41, 5.74) is 6.16. The Hall–Kier alpha value is -1.10. The first kappa shape index (κ1) is 14.8. The lowest BCUT2D eigenvalue weighted by Crippen LogP contribution is -2.50. The molecule has 1 aliphatic carbocycles. The van der Waals surface area contributed by atoms with Gasteiger partial charge in [0.05, 0.1) is 0 Å². The number of aromatic nitrogens is 3. The molecule has 0 radical (unpaired) electrons. The van der Waals surface area contributed by atoms with E-state index in [0.717, 1.165) is 43.5 Å². The van der Waals surface area contributed by atoms with Crippen molar-refractivity contribution >= 4 is 5.95 Å². The van der Waals surface area contributed by atoms with Crippen LogP contribution in [0, 0.1) is 5.92 Å². The van der Waals surface area contributed by atoms with Crippen molar-refractivity contribution in [1.29, 1.82) is 0 Å². The first-order valence-corrected chi connectivity index (χ1v) is 8.67. The minimum atomic E-state index is 0.239. The Bertz CT molecular complexity index is 438. The molecule has 0 spiro atoms. The van der Waals surface area contributed by atoms with E-state index in [9.17, 15) is 0 Å². The number of piperidine rings is 1. The number of H-pyrrole nitrogens is 1. The Morgan fingerprint density at radius 2 is 2.00 bits per heavy atom. The minimum Gasteiger partial charge on any atom is -0.335 e. The highest BCUT2D eigenvalue weighted by molar-refractivity contribution is 5.32. The molecule has 1 aliphatic heterocycles. The molecular formula is C16H29N5. The smallest absolute Gasteiger partial charge is 0.244 e. The van der Waals surface area contributed by atoms with Gasteiger partial charge in [0.25, 0.3) is 0 Å². The Morgan fingerprint density at radius 1 is 1.19 bits per heavy atom. The summed E-state index contributed by atoms with van der Waals surface area (Å²) in [6.07, 6.45) is 11.6. The third kappa shape index (κ3) is 3.57. The number of aryl methyl sites for hydroxylation is 1. The highest BCUT2D eigenvalue weighted by atomic mass is 15.4. The van der Waals surface area contributed by atoms with Crippen molar-refractivity contribution in [2.45, 2.75) is 76.8 Å². The van der Waals surface area contributed by atoms with Crippen LogP contribution in [0.2, 0.25) is 0 Å². The molecule has 3 N–H and O–H groups in total. The van der Waals surface area contributed by atoms with Gasteiger partial charge in [-0.05, 0) is 32.1 Å². The van der Waals surface area contributed by atoms with Gasteiger partial charge in [0.2, 0.25) is 5.95 Å². The molecule has 5 nitrogen and oxygen atoms in total. The predicted octanol–water partition coefficient (Wildman–Crippen LogP) is 2.63. The zero-order valence-electron chi connectivity index (χ0n) is 13.2. The number of hydrogen-bond acceptors (Lipinski definition) is 4. The van der Waals surface area contributed by atoms with Crippen molar-refractivity contribution in [3.63, 3.8) is 0 Å². The van der Waals surface area contributed by atoms with E-state index in [2.05, 4.69) is 22.0 Å². The summed E-state index contributed by atoms with van der Waals surface area (Å²) in [5, 5.41) is 7.56. The van der Waals surface area contributed by atoms with Gasteiger partial charge < -0.3 is 10.6 Å². The SMILES string of the molecule is CC1C(N)CCCN1c1n[nH]c(CCC2CCCCC2)n1. The second-order valence-electron chi connectivity index (χ2n) is 6.86. The maximum absolute atomic E-state index is 6.16. The van der Waals surface area contributed by atoms with Crippen LogP contribution in [0.25, 0.3) is 0 Å². The van der Waals surface area contributed by atoms with E-state index in [1.807, 2.05) is 0 Å². The van der Waals surface area contributed by atoms with E-state index >= 15 is 0 Å². The number of hydrogen-bond donors (Lipinski definition) is 2. The molecule has 3 rings (SSSR count). The first-order chi connectivity index (χ1) is 10.2. The van der Waals surface area contributed by atoms with Crippen LogP contribution in [-0.2, 0) is 6.42 Å². The van der Waals surface area contributed by atoms with Crippen molar-refractivity contribution in [3.8, 4) is 0 Å². The average Bonchev–Trinajstić information content (AvgIpc) is 2.98. The fourth-order valence-electron chi connectivity index (χ4n) is 3.80. The van der Waals surface area contributed by atoms with Crippen LogP contribution in [0.15, 0.2) is 0 Å². The van der Waals surface area contributed by atoms with Crippen molar-refractivity contribution in [1.82, 2.24) is 15.2 Å². The zero-order valence-corrected chi connectivity index (χ0v) is 13.2. The number of aromatic amines is 1. The van der Waals surface area contributed by atoms with Gasteiger partial charge in [0, 0.05) is 25.0 Å². The Balaban J connectivity index is 1.55. The average molecular weight is 291 g/mol. The van der Waals surface area contributed by atoms with Crippen LogP contribution < -0.4 is 10.6 Å². The minimum absolute atomic E-state index is 0.239. The van der Waals surface area contributed by atoms with E-state index in [4.69, 9.17) is 10.7 Å². The van der Waals surface area contributed by atoms with E-state index < -0.39 is 0 Å². The van der Waals surface area contributed by atoms with Crippen molar-refractivity contribution < 1.29 is 0 Å². The monoisotopic (exact) mass is 291 g/mol. The molecule has 1 saturated carbocycles. The molecule has 5 heteroatoms. The number of nitrogens with one attached hydrogen (secondary N) is 1. The molecule has 21 heavy (non-hydrogen) atoms. The highest BCUT2D eigenvalue weighted by Gasteiger charge is 2.27. The molecule has 0 amide bonds. The molecule has 1 aromatic rings. The molecule has 0 bridgehead atoms. The maximum Gasteiger partial charge on any atom is 0.244 e. The summed E-state index contributed by atoms with van der Waals surface area (Å²) in [6.45, 7) is 3.21. The predicted molar refractivity (Wildman–Crippen MR) is 85.3 cm³/mol. The fourth-order valence-corrected chi connectivity index (χ4v) is 3.80. The molecule has 2 aliphatic rings. The molecule has 2 unspecified atom stereocenters. The van der Waals surface area contributed by atoms with E-state index in [-0.39, 0.29) is 6.04 Å². The van der Waals surface area contributed by atoms with Gasteiger partial charge in [-0.3, -0.25) is 5.10 Å². The number of anilines is 1. The summed E-state index contributed by atoms with van der Waals surface area (Å²) >= 11 is 0. The Kier molecular flexibility index (Phi) is 4.78. The first-order valence-electron chi connectivity index (χ1n) is 8.67. The van der Waals surface area contributed by atoms with Gasteiger partial charge in [0.1, 0.15) is 5.82 Å². The molecule has 2 atom stereocenters. The van der Waals surface area contributed by atoms with Gasteiger partial charge >= 0.3 is 0 Å². The van der Waals surface area contributed by atoms with Crippen LogP contribution in [0.4, 0.5) is 5.95 Å². The molecule has 2 heterocycles. The Morgan fingerprint density at radius 3 is 2.81 bits per heavy atom. The summed E-state index contributed by atoms with van der Waals surface area (Å²) in [6, 6.07) is 0.573. The van der Waals surface area contributed by atoms with Crippen molar-refractivity contribution in [2.75, 3.05) is 11.4 Å². The third-order valence-corrected chi connectivity index (χ3v) is 5.34. The van der Waals surface area contributed by atoms with Crippen LogP contribution in [0.5, 0.6) is 0 Å². The second kappa shape index (κ2) is 6.77. The van der Waals surface area contributed by atoms with E-state index in [1.165, 1.54) is 38.5 Å². The zero-order chi connectivity index (χ0) is 14.7. The molecule has 1 saturated heterocycles. The third-order valence-electron chi connectivity index (χ3n) is 5.34. The maximum atomic E-state index is 6.16. The second-order valence-corrected chi connectivity index (χ2v) is 6.86. The standard InChI is InChI=1S/C16H29N5/c1-12-14(17)8-5-11-21(12)16-18-15(19-20-16)10-9-13-6-3-2-4-7-13/h12-14H,2-11,17H2,1H3,(H,18,19,20). The lowest BCUT2D eigenvalue weighted by Gasteiger charge is -2.36. The molecule has 1 aromatic heterocycles. The lowest BCUT2D eigenvalue weighted by molar-refractivity contribution is 0.337. The topological polar surface area (TPSA) is 70.8 Å². The van der Waals surface area contributed by atoms with E-state index in [0.29, 0.717) is 6.04 Å². The van der Waals surface area contributed by atoms with Gasteiger partial charge in [0.15, 0.2) is 0 Å². The number of nitrogens with two attached hydrogens (primary N) is 1. The number of nitrogens with zero attached hydrogens (tertiary/aromatic N) is 3. The Labute approximate surface area is 127 Å².